The molecule has 0 fully saturated rings. The minimum Gasteiger partial charge on any atom is -0.481 e. The van der Waals surface area contributed by atoms with E-state index in [1.165, 1.54) is 0 Å². The third-order valence-corrected chi connectivity index (χ3v) is 5.53. The number of aliphatic carboxylic acids is 1. The highest BCUT2D eigenvalue weighted by molar-refractivity contribution is 5.69. The third-order valence-electron chi connectivity index (χ3n) is 5.53. The molecule has 0 aromatic heterocycles. The zero-order valence-corrected chi connectivity index (χ0v) is 21.9. The average Bonchev–Trinajstić information content (AvgIpc) is 2.80. The molecule has 0 saturated carbocycles. The number of allylic oxidation sites excluding steroid dienone is 8. The first-order valence-electron chi connectivity index (χ1n) is 13.6. The van der Waals surface area contributed by atoms with E-state index in [1.807, 2.05) is 6.92 Å². The predicted molar refractivity (Wildman–Crippen MR) is 144 cm³/mol. The van der Waals surface area contributed by atoms with Crippen molar-refractivity contribution < 1.29 is 19.4 Å². The summed E-state index contributed by atoms with van der Waals surface area (Å²) < 4.78 is 5.72. The van der Waals surface area contributed by atoms with Gasteiger partial charge in [0.05, 0.1) is 0 Å². The van der Waals surface area contributed by atoms with Crippen LogP contribution in [-0.4, -0.2) is 23.1 Å². The second-order valence-electron chi connectivity index (χ2n) is 8.85. The van der Waals surface area contributed by atoms with E-state index in [0.29, 0.717) is 6.42 Å². The fourth-order valence-electron chi connectivity index (χ4n) is 3.62. The van der Waals surface area contributed by atoms with Crippen LogP contribution in [0, 0.1) is 0 Å². The summed E-state index contributed by atoms with van der Waals surface area (Å²) in [5, 5.41) is 8.69. The fourth-order valence-corrected chi connectivity index (χ4v) is 3.62. The molecule has 194 valence electrons. The zero-order chi connectivity index (χ0) is 25.1. The number of unbranched alkanes of at least 4 members (excludes halogenated alkanes) is 6. The second-order valence-corrected chi connectivity index (χ2v) is 8.85. The van der Waals surface area contributed by atoms with Crippen LogP contribution in [0.15, 0.2) is 48.6 Å². The van der Waals surface area contributed by atoms with Gasteiger partial charge in [-0.2, -0.15) is 0 Å². The van der Waals surface area contributed by atoms with Crippen LogP contribution >= 0.6 is 0 Å². The molecule has 0 bridgehead atoms. The molecule has 1 unspecified atom stereocenters. The minimum atomic E-state index is -0.715. The van der Waals surface area contributed by atoms with E-state index in [0.717, 1.165) is 96.3 Å². The number of carbonyl (C=O) groups is 2. The monoisotopic (exact) mass is 474 g/mol. The Bertz CT molecular complexity index is 601. The van der Waals surface area contributed by atoms with Crippen molar-refractivity contribution in [2.45, 2.75) is 129 Å². The maximum absolute atomic E-state index is 11.9. The molecular formula is C30H50O4. The molecule has 1 N–H and O–H groups in total. The Balaban J connectivity index is 3.96. The van der Waals surface area contributed by atoms with Crippen LogP contribution in [0.25, 0.3) is 0 Å². The van der Waals surface area contributed by atoms with Crippen molar-refractivity contribution in [2.75, 3.05) is 0 Å². The summed E-state index contributed by atoms with van der Waals surface area (Å²) >= 11 is 0. The highest BCUT2D eigenvalue weighted by Gasteiger charge is 2.13. The summed E-state index contributed by atoms with van der Waals surface area (Å²) in [4.78, 5) is 22.5. The van der Waals surface area contributed by atoms with Gasteiger partial charge in [0.15, 0.2) is 0 Å². The Labute approximate surface area is 209 Å². The number of hydrogen-bond donors (Lipinski definition) is 1. The smallest absolute Gasteiger partial charge is 0.306 e. The lowest BCUT2D eigenvalue weighted by atomic mass is 10.0. The molecule has 0 aromatic carbocycles. The molecular weight excluding hydrogens is 424 g/mol. The van der Waals surface area contributed by atoms with Crippen molar-refractivity contribution in [3.63, 3.8) is 0 Å². The van der Waals surface area contributed by atoms with E-state index in [1.54, 1.807) is 0 Å². The van der Waals surface area contributed by atoms with Crippen LogP contribution < -0.4 is 0 Å². The van der Waals surface area contributed by atoms with Gasteiger partial charge in [0.25, 0.3) is 0 Å². The SMILES string of the molecule is CC/C=C\C/C=C\C/C=C\C/C=C\CCCCC(CCCCCCCC(=O)O)OC(=O)CCC. The number of esters is 1. The molecule has 0 spiro atoms. The Morgan fingerprint density at radius 1 is 0.676 bits per heavy atom. The number of carboxylic acids is 1. The maximum Gasteiger partial charge on any atom is 0.306 e. The van der Waals surface area contributed by atoms with Crippen molar-refractivity contribution in [1.29, 1.82) is 0 Å². The van der Waals surface area contributed by atoms with Gasteiger partial charge in [0, 0.05) is 12.8 Å². The topological polar surface area (TPSA) is 63.6 Å². The number of hydrogen-bond acceptors (Lipinski definition) is 3. The molecule has 0 heterocycles. The zero-order valence-electron chi connectivity index (χ0n) is 21.9. The van der Waals surface area contributed by atoms with E-state index < -0.39 is 5.97 Å². The molecule has 0 aliphatic carbocycles. The summed E-state index contributed by atoms with van der Waals surface area (Å²) in [7, 11) is 0. The van der Waals surface area contributed by atoms with Gasteiger partial charge in [-0.1, -0.05) is 81.7 Å². The van der Waals surface area contributed by atoms with E-state index in [2.05, 4.69) is 55.5 Å². The third kappa shape index (κ3) is 24.5. The predicted octanol–water partition coefficient (Wildman–Crippen LogP) is 8.88. The van der Waals surface area contributed by atoms with Crippen LogP contribution in [0.2, 0.25) is 0 Å². The van der Waals surface area contributed by atoms with Gasteiger partial charge in [-0.05, 0) is 77.0 Å². The van der Waals surface area contributed by atoms with Crippen molar-refractivity contribution >= 4 is 11.9 Å². The number of rotatable bonds is 23. The summed E-state index contributed by atoms with van der Waals surface area (Å²) in [6.45, 7) is 4.15. The molecule has 0 saturated heterocycles. The van der Waals surface area contributed by atoms with Crippen LogP contribution in [0.5, 0.6) is 0 Å². The molecule has 1 atom stereocenters. The first-order valence-corrected chi connectivity index (χ1v) is 13.6. The van der Waals surface area contributed by atoms with Crippen molar-refractivity contribution in [1.82, 2.24) is 0 Å². The van der Waals surface area contributed by atoms with Crippen molar-refractivity contribution in [2.24, 2.45) is 0 Å². The van der Waals surface area contributed by atoms with Crippen molar-refractivity contribution in [3.8, 4) is 0 Å². The van der Waals surface area contributed by atoms with Gasteiger partial charge in [0.2, 0.25) is 0 Å². The second kappa shape index (κ2) is 25.5. The summed E-state index contributed by atoms with van der Waals surface area (Å²) in [6, 6.07) is 0. The molecule has 0 aliphatic rings. The van der Waals surface area contributed by atoms with Crippen molar-refractivity contribution in [3.05, 3.63) is 48.6 Å². The average molecular weight is 475 g/mol. The Hall–Kier alpha value is -2.10. The Morgan fingerprint density at radius 3 is 1.79 bits per heavy atom. The highest BCUT2D eigenvalue weighted by atomic mass is 16.5. The van der Waals surface area contributed by atoms with Gasteiger partial charge in [-0.25, -0.2) is 0 Å². The molecule has 4 nitrogen and oxygen atoms in total. The summed E-state index contributed by atoms with van der Waals surface area (Å²) in [5.74, 6) is -0.791. The molecule has 34 heavy (non-hydrogen) atoms. The van der Waals surface area contributed by atoms with E-state index in [9.17, 15) is 9.59 Å². The Morgan fingerprint density at radius 2 is 1.21 bits per heavy atom. The van der Waals surface area contributed by atoms with Gasteiger partial charge in [-0.3, -0.25) is 9.59 Å². The van der Waals surface area contributed by atoms with E-state index in [4.69, 9.17) is 9.84 Å². The normalized spacial score (nSPS) is 13.0. The van der Waals surface area contributed by atoms with E-state index in [-0.39, 0.29) is 18.5 Å². The van der Waals surface area contributed by atoms with Crippen LogP contribution in [-0.2, 0) is 14.3 Å². The van der Waals surface area contributed by atoms with Gasteiger partial charge >= 0.3 is 11.9 Å². The largest absolute Gasteiger partial charge is 0.481 e. The van der Waals surface area contributed by atoms with Crippen LogP contribution in [0.3, 0.4) is 0 Å². The minimum absolute atomic E-state index is 0.0236. The summed E-state index contributed by atoms with van der Waals surface area (Å²) in [6.07, 6.45) is 33.4. The standard InChI is InChI=1S/C30H50O4/c1-3-5-6-7-8-9-10-11-12-13-14-15-16-18-21-25-28(34-30(33)24-4-2)26-22-19-17-20-23-27-29(31)32/h5-6,8-9,11-12,14-15,28H,3-4,7,10,13,16-27H2,1-2H3,(H,31,32)/b6-5-,9-8-,12-11-,15-14-. The summed E-state index contributed by atoms with van der Waals surface area (Å²) in [5.41, 5.74) is 0. The molecule has 0 aliphatic heterocycles. The maximum atomic E-state index is 11.9. The van der Waals surface area contributed by atoms with Gasteiger partial charge < -0.3 is 9.84 Å². The van der Waals surface area contributed by atoms with Crippen LogP contribution in [0.4, 0.5) is 0 Å². The molecule has 0 aromatic rings. The quantitative estimate of drug-likeness (QED) is 0.0912. The molecule has 0 radical (unpaired) electrons. The lowest BCUT2D eigenvalue weighted by Gasteiger charge is -2.18. The van der Waals surface area contributed by atoms with Gasteiger partial charge in [0.1, 0.15) is 6.10 Å². The lowest BCUT2D eigenvalue weighted by Crippen LogP contribution is -2.18. The van der Waals surface area contributed by atoms with Crippen LogP contribution in [0.1, 0.15) is 123 Å². The van der Waals surface area contributed by atoms with E-state index >= 15 is 0 Å². The number of carboxylic acid groups (broad SMARTS) is 1. The lowest BCUT2D eigenvalue weighted by molar-refractivity contribution is -0.150. The Kier molecular flexibility index (Phi) is 23.9. The first kappa shape index (κ1) is 31.9. The number of carbonyl (C=O) groups excluding carboxylic acids is 1. The molecule has 0 amide bonds. The molecule has 4 heteroatoms. The highest BCUT2D eigenvalue weighted by Crippen LogP contribution is 2.17. The number of ether oxygens (including phenoxy) is 1. The fraction of sp³-hybridized carbons (Fsp3) is 0.667. The molecule has 0 rings (SSSR count). The van der Waals surface area contributed by atoms with Gasteiger partial charge in [-0.15, -0.1) is 0 Å². The first-order chi connectivity index (χ1) is 16.6.